The molecule has 8 heteroatoms. The van der Waals surface area contributed by atoms with Gasteiger partial charge in [0.25, 0.3) is 0 Å². The summed E-state index contributed by atoms with van der Waals surface area (Å²) < 4.78 is 36.8. The van der Waals surface area contributed by atoms with Gasteiger partial charge in [-0.15, -0.1) is 0 Å². The van der Waals surface area contributed by atoms with Crippen LogP contribution >= 0.6 is 0 Å². The number of nitrogens with zero attached hydrogens (tertiary/aromatic N) is 1. The largest absolute Gasteiger partial charge is 0.491 e. The van der Waals surface area contributed by atoms with Gasteiger partial charge in [-0.3, -0.25) is 4.79 Å². The molecule has 0 spiro atoms. The molecule has 2 rings (SSSR count). The van der Waals surface area contributed by atoms with Crippen LogP contribution in [0, 0.1) is 0 Å². The molecule has 1 heterocycles. The molecule has 0 bridgehead atoms. The van der Waals surface area contributed by atoms with Crippen molar-refractivity contribution in [2.24, 2.45) is 0 Å². The maximum atomic E-state index is 12.6. The normalized spacial score (nSPS) is 18.9. The number of carbonyl (C=O) groups is 1. The Hall–Kier alpha value is -1.64. The second-order valence-corrected chi connectivity index (χ2v) is 7.02. The average Bonchev–Trinajstić information content (AvgIpc) is 3.03. The van der Waals surface area contributed by atoms with Gasteiger partial charge in [-0.05, 0) is 44.0 Å². The van der Waals surface area contributed by atoms with Gasteiger partial charge in [0.15, 0.2) is 0 Å². The molecule has 0 radical (unpaired) electrons. The lowest BCUT2D eigenvalue weighted by molar-refractivity contribution is -0.140. The molecule has 0 saturated carbocycles. The van der Waals surface area contributed by atoms with Crippen LogP contribution in [0.25, 0.3) is 0 Å². The molecular formula is C15H21NO6S. The Labute approximate surface area is 135 Å². The van der Waals surface area contributed by atoms with E-state index in [4.69, 9.17) is 14.6 Å². The summed E-state index contributed by atoms with van der Waals surface area (Å²) in [7, 11) is -3.81. The van der Waals surface area contributed by atoms with Gasteiger partial charge < -0.3 is 14.6 Å². The van der Waals surface area contributed by atoms with Gasteiger partial charge in [-0.1, -0.05) is 0 Å². The van der Waals surface area contributed by atoms with Crippen LogP contribution in [-0.4, -0.2) is 56.2 Å². The smallest absolute Gasteiger partial charge is 0.322 e. The Kier molecular flexibility index (Phi) is 5.97. The van der Waals surface area contributed by atoms with E-state index in [0.717, 1.165) is 4.31 Å². The van der Waals surface area contributed by atoms with Gasteiger partial charge in [0.05, 0.1) is 11.5 Å². The summed E-state index contributed by atoms with van der Waals surface area (Å²) in [6, 6.07) is 5.00. The topological polar surface area (TPSA) is 93.1 Å². The van der Waals surface area contributed by atoms with Crippen LogP contribution < -0.4 is 4.74 Å². The zero-order valence-electron chi connectivity index (χ0n) is 13.0. The molecule has 1 aromatic carbocycles. The van der Waals surface area contributed by atoms with Gasteiger partial charge in [0.2, 0.25) is 10.0 Å². The van der Waals surface area contributed by atoms with Crippen molar-refractivity contribution in [3.8, 4) is 5.75 Å². The van der Waals surface area contributed by atoms with E-state index in [1.54, 1.807) is 12.1 Å². The molecule has 1 aliphatic rings. The fraction of sp³-hybridized carbons (Fsp3) is 0.533. The first kappa shape index (κ1) is 17.7. The van der Waals surface area contributed by atoms with Crippen molar-refractivity contribution in [2.45, 2.75) is 30.7 Å². The maximum Gasteiger partial charge on any atom is 0.322 e. The van der Waals surface area contributed by atoms with Crippen molar-refractivity contribution in [1.82, 2.24) is 4.31 Å². The zero-order chi connectivity index (χ0) is 16.9. The summed E-state index contributed by atoms with van der Waals surface area (Å²) in [5.74, 6) is -0.568. The maximum absolute atomic E-state index is 12.6. The monoisotopic (exact) mass is 343 g/mol. The van der Waals surface area contributed by atoms with E-state index in [2.05, 4.69) is 0 Å². The highest BCUT2D eigenvalue weighted by Gasteiger charge is 2.39. The predicted molar refractivity (Wildman–Crippen MR) is 83.0 cm³/mol. The molecule has 1 aliphatic heterocycles. The van der Waals surface area contributed by atoms with Gasteiger partial charge in [-0.2, -0.15) is 4.31 Å². The lowest BCUT2D eigenvalue weighted by Crippen LogP contribution is -2.40. The number of carboxylic acids is 1. The molecule has 128 valence electrons. The van der Waals surface area contributed by atoms with Crippen molar-refractivity contribution in [3.05, 3.63) is 24.3 Å². The van der Waals surface area contributed by atoms with Crippen LogP contribution in [0.3, 0.4) is 0 Å². The quantitative estimate of drug-likeness (QED) is 0.716. The lowest BCUT2D eigenvalue weighted by Gasteiger charge is -2.21. The first-order chi connectivity index (χ1) is 11.0. The molecule has 1 saturated heterocycles. The SMILES string of the molecule is CCOCCOc1ccc(S(=O)(=O)N2CCCC2C(=O)O)cc1. The van der Waals surface area contributed by atoms with E-state index in [1.807, 2.05) is 6.92 Å². The molecule has 0 amide bonds. The summed E-state index contributed by atoms with van der Waals surface area (Å²) in [4.78, 5) is 11.2. The van der Waals surface area contributed by atoms with Gasteiger partial charge >= 0.3 is 5.97 Å². The van der Waals surface area contributed by atoms with Crippen LogP contribution in [0.1, 0.15) is 19.8 Å². The number of hydrogen-bond donors (Lipinski definition) is 1. The number of rotatable bonds is 8. The van der Waals surface area contributed by atoms with E-state index >= 15 is 0 Å². The third kappa shape index (κ3) is 4.21. The predicted octanol–water partition coefficient (Wildman–Crippen LogP) is 1.34. The van der Waals surface area contributed by atoms with E-state index in [9.17, 15) is 13.2 Å². The minimum absolute atomic E-state index is 0.0720. The third-order valence-electron chi connectivity index (χ3n) is 3.62. The van der Waals surface area contributed by atoms with E-state index in [0.29, 0.717) is 38.4 Å². The molecule has 0 aliphatic carbocycles. The minimum Gasteiger partial charge on any atom is -0.491 e. The number of sulfonamides is 1. The Morgan fingerprint density at radius 3 is 2.61 bits per heavy atom. The number of hydrogen-bond acceptors (Lipinski definition) is 5. The molecule has 7 nitrogen and oxygen atoms in total. The zero-order valence-corrected chi connectivity index (χ0v) is 13.8. The fourth-order valence-electron chi connectivity index (χ4n) is 2.48. The van der Waals surface area contributed by atoms with Crippen molar-refractivity contribution in [3.63, 3.8) is 0 Å². The Balaban J connectivity index is 2.07. The molecular weight excluding hydrogens is 322 g/mol. The van der Waals surface area contributed by atoms with Gasteiger partial charge in [0.1, 0.15) is 18.4 Å². The number of aliphatic carboxylic acids is 1. The highest BCUT2D eigenvalue weighted by atomic mass is 32.2. The first-order valence-corrected chi connectivity index (χ1v) is 8.96. The van der Waals surface area contributed by atoms with E-state index in [-0.39, 0.29) is 11.4 Å². The molecule has 1 fully saturated rings. The molecule has 0 aromatic heterocycles. The van der Waals surface area contributed by atoms with E-state index < -0.39 is 22.0 Å². The summed E-state index contributed by atoms with van der Waals surface area (Å²) in [6.45, 7) is 3.58. The minimum atomic E-state index is -3.81. The summed E-state index contributed by atoms with van der Waals surface area (Å²) in [5, 5.41) is 9.14. The van der Waals surface area contributed by atoms with Crippen LogP contribution in [0.5, 0.6) is 5.75 Å². The van der Waals surface area contributed by atoms with Crippen molar-refractivity contribution < 1.29 is 27.8 Å². The summed E-state index contributed by atoms with van der Waals surface area (Å²) >= 11 is 0. The molecule has 1 aromatic rings. The van der Waals surface area contributed by atoms with Crippen LogP contribution in [0.2, 0.25) is 0 Å². The van der Waals surface area contributed by atoms with Crippen LogP contribution in [0.15, 0.2) is 29.2 Å². The Bertz CT molecular complexity index is 628. The third-order valence-corrected chi connectivity index (χ3v) is 5.54. The highest BCUT2D eigenvalue weighted by molar-refractivity contribution is 7.89. The average molecular weight is 343 g/mol. The van der Waals surface area contributed by atoms with Crippen LogP contribution in [0.4, 0.5) is 0 Å². The lowest BCUT2D eigenvalue weighted by atomic mass is 10.2. The number of ether oxygens (including phenoxy) is 2. The van der Waals surface area contributed by atoms with Crippen molar-refractivity contribution in [2.75, 3.05) is 26.4 Å². The molecule has 1 N–H and O–H groups in total. The second kappa shape index (κ2) is 7.76. The van der Waals surface area contributed by atoms with Crippen molar-refractivity contribution in [1.29, 1.82) is 0 Å². The summed E-state index contributed by atoms with van der Waals surface area (Å²) in [6.07, 6.45) is 0.891. The van der Waals surface area contributed by atoms with E-state index in [1.165, 1.54) is 12.1 Å². The molecule has 1 unspecified atom stereocenters. The molecule has 23 heavy (non-hydrogen) atoms. The van der Waals surface area contributed by atoms with Crippen LogP contribution in [-0.2, 0) is 19.6 Å². The summed E-state index contributed by atoms with van der Waals surface area (Å²) in [5.41, 5.74) is 0. The number of benzene rings is 1. The Morgan fingerprint density at radius 1 is 1.30 bits per heavy atom. The standard InChI is InChI=1S/C15H21NO6S/c1-2-21-10-11-22-12-5-7-13(8-6-12)23(19,20)16-9-3-4-14(16)15(17)18/h5-8,14H,2-4,9-11H2,1H3,(H,17,18). The first-order valence-electron chi connectivity index (χ1n) is 7.52. The van der Waals surface area contributed by atoms with Crippen molar-refractivity contribution >= 4 is 16.0 Å². The highest BCUT2D eigenvalue weighted by Crippen LogP contribution is 2.27. The second-order valence-electron chi connectivity index (χ2n) is 5.13. The Morgan fingerprint density at radius 2 is 2.00 bits per heavy atom. The number of carboxylic acid groups (broad SMARTS) is 1. The van der Waals surface area contributed by atoms with Gasteiger partial charge in [0, 0.05) is 13.2 Å². The van der Waals surface area contributed by atoms with Gasteiger partial charge in [-0.25, -0.2) is 8.42 Å². The molecule has 1 atom stereocenters. The fourth-order valence-corrected chi connectivity index (χ4v) is 4.13.